The van der Waals surface area contributed by atoms with Crippen LogP contribution in [0.3, 0.4) is 0 Å². The molecule has 16 aromatic carbocycles. The summed E-state index contributed by atoms with van der Waals surface area (Å²) in [7, 11) is 0. The van der Waals surface area contributed by atoms with Crippen LogP contribution in [-0.4, -0.2) is 13.2 Å². The topological polar surface area (TPSA) is 24.9 Å². The monoisotopic (exact) mass is 1610 g/mol. The smallest absolute Gasteiger partial charge is 0.119 e. The predicted molar refractivity (Wildman–Crippen MR) is 522 cm³/mol. The van der Waals surface area contributed by atoms with Crippen LogP contribution in [0.15, 0.2) is 419 Å². The van der Waals surface area contributed by atoms with E-state index in [2.05, 4.69) is 411 Å². The Morgan fingerprint density at radius 1 is 0.256 bits per heavy atom. The molecule has 0 saturated carbocycles. The Balaban J connectivity index is 0.654. The largest absolute Gasteiger partial charge is 0.494 e. The van der Waals surface area contributed by atoms with Crippen molar-refractivity contribution in [3.63, 3.8) is 0 Å². The highest BCUT2D eigenvalue weighted by molar-refractivity contribution is 5.98. The maximum Gasteiger partial charge on any atom is 0.119 e. The van der Waals surface area contributed by atoms with Gasteiger partial charge in [0.05, 0.1) is 18.6 Å². The van der Waals surface area contributed by atoms with Crippen LogP contribution >= 0.6 is 0 Å². The van der Waals surface area contributed by atoms with E-state index in [1.54, 1.807) is 0 Å². The van der Waals surface area contributed by atoms with Gasteiger partial charge in [-0.05, 0) is 280 Å². The van der Waals surface area contributed by atoms with Gasteiger partial charge >= 0.3 is 0 Å². The lowest BCUT2D eigenvalue weighted by atomic mass is 9.69. The normalized spacial score (nSPS) is 16.3. The van der Waals surface area contributed by atoms with Gasteiger partial charge in [-0.25, -0.2) is 0 Å². The first-order valence-electron chi connectivity index (χ1n) is 45.0. The molecule has 0 saturated heterocycles. The zero-order valence-corrected chi connectivity index (χ0v) is 70.8. The minimum absolute atomic E-state index is 0.381. The van der Waals surface area contributed by atoms with Crippen molar-refractivity contribution in [1.29, 1.82) is 0 Å². The Morgan fingerprint density at radius 2 is 0.600 bits per heavy atom. The molecule has 0 bridgehead atoms. The number of ether oxygens (including phenoxy) is 2. The van der Waals surface area contributed by atoms with E-state index >= 15 is 0 Å². The number of anilines is 5. The van der Waals surface area contributed by atoms with E-state index in [9.17, 15) is 0 Å². The third-order valence-corrected chi connectivity index (χ3v) is 27.6. The Kier molecular flexibility index (Phi) is 21.1. The number of hydrogen-bond donors (Lipinski definition) is 0. The van der Waals surface area contributed by atoms with Crippen LogP contribution in [0, 0.1) is 0 Å². The Labute approximate surface area is 736 Å². The van der Waals surface area contributed by atoms with E-state index in [4.69, 9.17) is 9.47 Å². The fourth-order valence-electron chi connectivity index (χ4n) is 21.7. The van der Waals surface area contributed by atoms with E-state index in [1.807, 2.05) is 24.3 Å². The summed E-state index contributed by atoms with van der Waals surface area (Å²) in [5.41, 5.74) is 38.7. The molecule has 5 aliphatic carbocycles. The molecule has 0 aliphatic heterocycles. The van der Waals surface area contributed by atoms with E-state index in [0.29, 0.717) is 13.2 Å². The van der Waals surface area contributed by atoms with Crippen molar-refractivity contribution in [3.05, 3.63) is 492 Å². The summed E-state index contributed by atoms with van der Waals surface area (Å²) in [6, 6.07) is 146. The second-order valence-electron chi connectivity index (χ2n) is 34.3. The van der Waals surface area contributed by atoms with Gasteiger partial charge in [-0.3, -0.25) is 0 Å². The number of benzene rings is 16. The van der Waals surface area contributed by atoms with Crippen molar-refractivity contribution in [2.45, 2.75) is 93.3 Å². The van der Waals surface area contributed by atoms with Gasteiger partial charge in [0.2, 0.25) is 0 Å². The molecule has 16 aromatic rings. The molecule has 21 rings (SSSR count). The Bertz CT molecular complexity index is 6730. The van der Waals surface area contributed by atoms with E-state index in [0.717, 1.165) is 134 Å². The molecule has 0 heterocycles. The van der Waals surface area contributed by atoms with Gasteiger partial charge in [0.25, 0.3) is 0 Å². The standard InChI is InChI=1S/C121H100N2O2/c1-3-85-49-69-101(70-50-85)124-79-31-7-5-29-77-119(93-37-17-11-18-38-93)111-45-25-21-41-103(111)107-74-66-98(82-115(107)119)122(95-60-53-89(54-61-95)87-33-13-9-14-34-87)96-64-57-91(58-65-96)92-59-73-109-105-43-23-27-47-113(105)121(117(109)81-92)114-48-28-24-44-106(114)110-76-68-100(84-118(110)121)123(97-62-55-90(56-63-97)88-35-15-10-16-36-88)99-67-75-108-104-42-22-26-46-112(104)120(116(108)83-99,94-39-19-12-20-40-94)78-30-6-8-32-80-125-102-71-51-86(4-2)52-72-102/h3-4,9-28,33-55,57-62,64-76,81-84H,1-2,5-8,29-32,56,63,77-80H2. The van der Waals surface area contributed by atoms with Crippen LogP contribution in [0.2, 0.25) is 0 Å². The average molecular weight is 1610 g/mol. The molecule has 0 amide bonds. The quantitative estimate of drug-likeness (QED) is 0.0436. The molecule has 0 N–H and O–H groups in total. The third kappa shape index (κ3) is 14.0. The number of nitrogens with zero attached hydrogens (tertiary/aromatic N) is 2. The van der Waals surface area contributed by atoms with Gasteiger partial charge in [-0.1, -0.05) is 367 Å². The molecule has 4 nitrogen and oxygen atoms in total. The van der Waals surface area contributed by atoms with Crippen LogP contribution in [0.1, 0.15) is 149 Å². The van der Waals surface area contributed by atoms with Gasteiger partial charge in [-0.15, -0.1) is 0 Å². The minimum atomic E-state index is -0.652. The van der Waals surface area contributed by atoms with Gasteiger partial charge < -0.3 is 19.3 Å². The lowest BCUT2D eigenvalue weighted by Crippen LogP contribution is -2.28. The van der Waals surface area contributed by atoms with Gasteiger partial charge in [0.1, 0.15) is 11.5 Å². The minimum Gasteiger partial charge on any atom is -0.494 e. The lowest BCUT2D eigenvalue weighted by molar-refractivity contribution is 0.303. The second-order valence-corrected chi connectivity index (χ2v) is 34.3. The number of rotatable bonds is 29. The summed E-state index contributed by atoms with van der Waals surface area (Å²) in [5, 5.41) is 0. The highest BCUT2D eigenvalue weighted by Crippen LogP contribution is 2.65. The van der Waals surface area contributed by atoms with Crippen molar-refractivity contribution in [2.75, 3.05) is 23.0 Å². The fourth-order valence-corrected chi connectivity index (χ4v) is 21.7. The number of allylic oxidation sites excluding steroid dienone is 4. The number of hydrogen-bond acceptors (Lipinski definition) is 4. The molecule has 606 valence electrons. The molecule has 0 radical (unpaired) electrons. The predicted octanol–water partition coefficient (Wildman–Crippen LogP) is 31.7. The van der Waals surface area contributed by atoms with Crippen LogP contribution in [0.4, 0.5) is 28.4 Å². The molecule has 3 atom stereocenters. The molecular formula is C121H100N2O2. The number of unbranched alkanes of at least 4 members (excludes halogenated alkanes) is 6. The van der Waals surface area contributed by atoms with E-state index < -0.39 is 10.8 Å². The first-order valence-corrected chi connectivity index (χ1v) is 45.0. The Hall–Kier alpha value is -14.3. The molecule has 5 aliphatic rings. The summed E-state index contributed by atoms with van der Waals surface area (Å²) in [5.74, 6) is 1.81. The highest BCUT2D eigenvalue weighted by Gasteiger charge is 2.53. The van der Waals surface area contributed by atoms with Crippen molar-refractivity contribution in [3.8, 4) is 78.3 Å². The first kappa shape index (κ1) is 78.0. The maximum absolute atomic E-state index is 6.28. The fraction of sp³-hybridized carbons (Fsp3) is 0.140. The highest BCUT2D eigenvalue weighted by atomic mass is 16.5. The first-order chi connectivity index (χ1) is 61.9. The van der Waals surface area contributed by atoms with Crippen LogP contribution in [0.5, 0.6) is 11.5 Å². The summed E-state index contributed by atoms with van der Waals surface area (Å²) in [6.45, 7) is 9.25. The van der Waals surface area contributed by atoms with Gasteiger partial charge in [0.15, 0.2) is 0 Å². The van der Waals surface area contributed by atoms with Crippen molar-refractivity contribution < 1.29 is 9.47 Å². The average Bonchev–Trinajstić information content (AvgIpc) is 1.50. The summed E-state index contributed by atoms with van der Waals surface area (Å²) >= 11 is 0. The summed E-state index contributed by atoms with van der Waals surface area (Å²) in [6.07, 6.45) is 20.8. The van der Waals surface area contributed by atoms with Crippen molar-refractivity contribution >= 4 is 46.2 Å². The Morgan fingerprint density at radius 3 is 1.06 bits per heavy atom. The van der Waals surface area contributed by atoms with Gasteiger partial charge in [0, 0.05) is 45.0 Å². The number of fused-ring (bicyclic) bond motifs is 16. The van der Waals surface area contributed by atoms with Crippen LogP contribution in [-0.2, 0) is 16.2 Å². The third-order valence-electron chi connectivity index (χ3n) is 27.6. The van der Waals surface area contributed by atoms with Crippen molar-refractivity contribution in [2.24, 2.45) is 0 Å². The summed E-state index contributed by atoms with van der Waals surface area (Å²) in [4.78, 5) is 5.12. The molecule has 125 heavy (non-hydrogen) atoms. The molecule has 0 fully saturated rings. The van der Waals surface area contributed by atoms with Crippen LogP contribution < -0.4 is 19.3 Å². The zero-order valence-electron chi connectivity index (χ0n) is 70.8. The molecular weight excluding hydrogens is 1510 g/mol. The molecule has 1 spiro atoms. The SMILES string of the molecule is C=Cc1ccc(OCCCCCCC2(c3ccccc3)c3ccccc3-c3ccc(N(C4=CC=C(c5ccccc5)CC4)c4ccc5c(c4)C4(c6ccccc6-c6ccc(-c7ccc(N(c8ccc(-c9ccccc9)cc8)c8ccc9c(c8)C(CCCCCCOc8ccc(C=C)cc8)(c8ccccc8)c8ccccc8-9)cc7)cc64)c4ccccc4-5)cc32)cc1. The lowest BCUT2D eigenvalue weighted by Gasteiger charge is -2.36. The molecule has 0 aromatic heterocycles. The second kappa shape index (κ2) is 33.8. The zero-order chi connectivity index (χ0) is 83.7. The van der Waals surface area contributed by atoms with E-state index in [-0.39, 0.29) is 5.41 Å². The van der Waals surface area contributed by atoms with E-state index in [1.165, 1.54) is 134 Å². The molecule has 4 heteroatoms. The molecule has 3 unspecified atom stereocenters. The van der Waals surface area contributed by atoms with Crippen molar-refractivity contribution in [1.82, 2.24) is 0 Å². The van der Waals surface area contributed by atoms with Crippen LogP contribution in [0.25, 0.3) is 84.5 Å². The summed E-state index contributed by atoms with van der Waals surface area (Å²) < 4.78 is 12.5. The maximum atomic E-state index is 6.28. The van der Waals surface area contributed by atoms with Gasteiger partial charge in [-0.2, -0.15) is 0 Å².